The third-order valence-corrected chi connectivity index (χ3v) is 3.26. The predicted octanol–water partition coefficient (Wildman–Crippen LogP) is 3.62. The van der Waals surface area contributed by atoms with E-state index in [-0.39, 0.29) is 6.10 Å². The Labute approximate surface area is 131 Å². The Morgan fingerprint density at radius 2 is 2.32 bits per heavy atom. The maximum Gasteiger partial charge on any atom is 0.330 e. The summed E-state index contributed by atoms with van der Waals surface area (Å²) in [4.78, 5) is 15.2. The molecular weight excluding hydrogens is 381 g/mol. The second kappa shape index (κ2) is 8.37. The maximum absolute atomic E-state index is 11.1. The first kappa shape index (κ1) is 16.2. The molecule has 1 aromatic heterocycles. The highest BCUT2D eigenvalue weighted by Crippen LogP contribution is 2.23. The van der Waals surface area contributed by atoms with Crippen molar-refractivity contribution < 1.29 is 14.3 Å². The predicted molar refractivity (Wildman–Crippen MR) is 82.4 cm³/mol. The second-order valence-corrected chi connectivity index (χ2v) is 5.16. The van der Waals surface area contributed by atoms with Crippen LogP contribution >= 0.6 is 34.2 Å². The molecule has 0 saturated heterocycles. The molecular formula is C13H15ClINO3. The van der Waals surface area contributed by atoms with Gasteiger partial charge in [0.15, 0.2) is 5.75 Å². The number of halogens is 2. The summed E-state index contributed by atoms with van der Waals surface area (Å²) in [6.45, 7) is 2.05. The quantitative estimate of drug-likeness (QED) is 0.319. The molecule has 0 aliphatic rings. The minimum atomic E-state index is -0.395. The van der Waals surface area contributed by atoms with Crippen molar-refractivity contribution in [2.75, 3.05) is 7.11 Å². The number of nitrogens with zero attached hydrogens (tertiary/aromatic N) is 1. The summed E-state index contributed by atoms with van der Waals surface area (Å²) >= 11 is 7.85. The molecule has 1 atom stereocenters. The number of rotatable bonds is 6. The van der Waals surface area contributed by atoms with Gasteiger partial charge in [-0.1, -0.05) is 24.9 Å². The lowest BCUT2D eigenvalue weighted by atomic mass is 10.2. The van der Waals surface area contributed by atoms with E-state index in [4.69, 9.17) is 16.3 Å². The summed E-state index contributed by atoms with van der Waals surface area (Å²) in [7, 11) is 1.34. The Balaban J connectivity index is 2.77. The van der Waals surface area contributed by atoms with Crippen LogP contribution < -0.4 is 4.74 Å². The zero-order chi connectivity index (χ0) is 14.3. The summed E-state index contributed by atoms with van der Waals surface area (Å²) in [6.07, 6.45) is 4.61. The summed E-state index contributed by atoms with van der Waals surface area (Å²) in [6, 6.07) is 3.44. The van der Waals surface area contributed by atoms with Gasteiger partial charge in [-0.3, -0.25) is 0 Å². The number of pyridine rings is 1. The normalized spacial score (nSPS) is 12.4. The molecule has 0 radical (unpaired) electrons. The van der Waals surface area contributed by atoms with Gasteiger partial charge in [0.1, 0.15) is 15.0 Å². The Bertz CT molecular complexity index is 465. The van der Waals surface area contributed by atoms with Crippen LogP contribution in [-0.2, 0) is 9.53 Å². The molecule has 0 amide bonds. The summed E-state index contributed by atoms with van der Waals surface area (Å²) in [5.74, 6) is 0.256. The van der Waals surface area contributed by atoms with Gasteiger partial charge in [-0.15, -0.1) is 0 Å². The van der Waals surface area contributed by atoms with Gasteiger partial charge in [0.2, 0.25) is 0 Å². The van der Waals surface area contributed by atoms with Gasteiger partial charge in [-0.05, 0) is 47.2 Å². The topological polar surface area (TPSA) is 48.4 Å². The smallest absolute Gasteiger partial charge is 0.330 e. The van der Waals surface area contributed by atoms with E-state index in [0.29, 0.717) is 14.6 Å². The summed E-state index contributed by atoms with van der Waals surface area (Å²) in [5.41, 5.74) is 0. The van der Waals surface area contributed by atoms with Crippen LogP contribution in [0.4, 0.5) is 0 Å². The van der Waals surface area contributed by atoms with E-state index in [1.54, 1.807) is 18.2 Å². The molecule has 0 spiro atoms. The Morgan fingerprint density at radius 3 is 2.89 bits per heavy atom. The Morgan fingerprint density at radius 1 is 1.58 bits per heavy atom. The molecule has 0 aliphatic heterocycles. The molecule has 1 rings (SSSR count). The van der Waals surface area contributed by atoms with Gasteiger partial charge in [-0.2, -0.15) is 0 Å². The highest BCUT2D eigenvalue weighted by atomic mass is 127. The van der Waals surface area contributed by atoms with Crippen molar-refractivity contribution in [3.63, 3.8) is 0 Å². The zero-order valence-electron chi connectivity index (χ0n) is 10.7. The van der Waals surface area contributed by atoms with Crippen LogP contribution in [0, 0.1) is 3.70 Å². The van der Waals surface area contributed by atoms with E-state index in [9.17, 15) is 4.79 Å². The molecule has 0 fully saturated rings. The fraction of sp³-hybridized carbons (Fsp3) is 0.385. The van der Waals surface area contributed by atoms with Crippen molar-refractivity contribution >= 4 is 40.2 Å². The minimum Gasteiger partial charge on any atom is -0.484 e. The van der Waals surface area contributed by atoms with E-state index in [1.165, 1.54) is 13.2 Å². The fourth-order valence-corrected chi connectivity index (χ4v) is 2.24. The van der Waals surface area contributed by atoms with Crippen molar-refractivity contribution in [1.29, 1.82) is 0 Å². The SMILES string of the molecule is CCCC(/C=C/C(=O)OC)Oc1ccc(Cl)nc1I. The van der Waals surface area contributed by atoms with E-state index >= 15 is 0 Å². The molecule has 1 unspecified atom stereocenters. The average Bonchev–Trinajstić information content (AvgIpc) is 2.38. The van der Waals surface area contributed by atoms with Crippen LogP contribution in [0.2, 0.25) is 5.15 Å². The van der Waals surface area contributed by atoms with Crippen LogP contribution in [0.1, 0.15) is 19.8 Å². The van der Waals surface area contributed by atoms with Crippen LogP contribution in [0.15, 0.2) is 24.3 Å². The van der Waals surface area contributed by atoms with E-state index in [2.05, 4.69) is 32.3 Å². The van der Waals surface area contributed by atoms with Crippen molar-refractivity contribution in [2.24, 2.45) is 0 Å². The van der Waals surface area contributed by atoms with Crippen molar-refractivity contribution in [3.05, 3.63) is 33.1 Å². The lowest BCUT2D eigenvalue weighted by Crippen LogP contribution is -2.15. The zero-order valence-corrected chi connectivity index (χ0v) is 13.6. The average molecular weight is 396 g/mol. The fourth-order valence-electron chi connectivity index (χ4n) is 1.38. The van der Waals surface area contributed by atoms with Gasteiger partial charge < -0.3 is 9.47 Å². The molecule has 4 nitrogen and oxygen atoms in total. The Kier molecular flexibility index (Phi) is 7.15. The highest BCUT2D eigenvalue weighted by molar-refractivity contribution is 14.1. The van der Waals surface area contributed by atoms with Crippen LogP contribution in [0.25, 0.3) is 0 Å². The third-order valence-electron chi connectivity index (χ3n) is 2.28. The standard InChI is InChI=1S/C13H15ClINO3/c1-3-4-9(5-8-12(17)18-2)19-10-6-7-11(14)16-13(10)15/h5-9H,3-4H2,1-2H3/b8-5+. The highest BCUT2D eigenvalue weighted by Gasteiger charge is 2.10. The number of esters is 1. The van der Waals surface area contributed by atoms with E-state index in [0.717, 1.165) is 12.8 Å². The summed E-state index contributed by atoms with van der Waals surface area (Å²) < 4.78 is 11.1. The van der Waals surface area contributed by atoms with Crippen molar-refractivity contribution in [3.8, 4) is 5.75 Å². The maximum atomic E-state index is 11.1. The molecule has 0 aliphatic carbocycles. The molecule has 1 aromatic rings. The number of aromatic nitrogens is 1. The number of methoxy groups -OCH3 is 1. The number of carbonyl (C=O) groups excluding carboxylic acids is 1. The lowest BCUT2D eigenvalue weighted by molar-refractivity contribution is -0.134. The van der Waals surface area contributed by atoms with Crippen LogP contribution in [-0.4, -0.2) is 24.2 Å². The molecule has 0 saturated carbocycles. The van der Waals surface area contributed by atoms with Gasteiger partial charge >= 0.3 is 5.97 Å². The van der Waals surface area contributed by atoms with Gasteiger partial charge in [0.25, 0.3) is 0 Å². The lowest BCUT2D eigenvalue weighted by Gasteiger charge is -2.15. The number of carbonyl (C=O) groups is 1. The van der Waals surface area contributed by atoms with Crippen LogP contribution in [0.3, 0.4) is 0 Å². The summed E-state index contributed by atoms with van der Waals surface area (Å²) in [5, 5.41) is 0.425. The van der Waals surface area contributed by atoms with Crippen LogP contribution in [0.5, 0.6) is 5.75 Å². The third kappa shape index (κ3) is 5.78. The molecule has 19 heavy (non-hydrogen) atoms. The van der Waals surface area contributed by atoms with E-state index < -0.39 is 5.97 Å². The Hall–Kier alpha value is -0.820. The number of ether oxygens (including phenoxy) is 2. The number of hydrogen-bond donors (Lipinski definition) is 0. The monoisotopic (exact) mass is 395 g/mol. The van der Waals surface area contributed by atoms with Gasteiger partial charge in [0, 0.05) is 6.08 Å². The molecule has 0 bridgehead atoms. The number of hydrogen-bond acceptors (Lipinski definition) is 4. The molecule has 6 heteroatoms. The van der Waals surface area contributed by atoms with Crippen molar-refractivity contribution in [1.82, 2.24) is 4.98 Å². The minimum absolute atomic E-state index is 0.194. The first-order valence-electron chi connectivity index (χ1n) is 5.81. The first-order valence-corrected chi connectivity index (χ1v) is 7.27. The molecule has 0 N–H and O–H groups in total. The molecule has 104 valence electrons. The second-order valence-electron chi connectivity index (χ2n) is 3.75. The largest absolute Gasteiger partial charge is 0.484 e. The van der Waals surface area contributed by atoms with Gasteiger partial charge in [-0.25, -0.2) is 9.78 Å². The first-order chi connectivity index (χ1) is 9.06. The van der Waals surface area contributed by atoms with Crippen molar-refractivity contribution in [2.45, 2.75) is 25.9 Å². The van der Waals surface area contributed by atoms with Gasteiger partial charge in [0.05, 0.1) is 7.11 Å². The van der Waals surface area contributed by atoms with E-state index in [1.807, 2.05) is 6.92 Å². The molecule has 1 heterocycles. The molecule has 0 aromatic carbocycles.